The summed E-state index contributed by atoms with van der Waals surface area (Å²) in [5.74, 6) is -11.8. The first kappa shape index (κ1) is 71.7. The third-order valence-electron chi connectivity index (χ3n) is 15.1. The zero-order valence-electron chi connectivity index (χ0n) is 49.6. The highest BCUT2D eigenvalue weighted by atomic mass is 16.4. The molecule has 0 unspecified atom stereocenters. The standard InChI is InChI=1S/C59H84N12O17/c1-6-14-38(50(78)66-42(59(87)88)29-35-20-22-36(75)23-21-35)63-51(79)40(24-25-46(61)76)64-55(83)44-18-12-26-70(44)57(85)45-19-13-27-71(45)58(86)47(32(4)8-3)68-54(82)43(31-73)67-53(81)41(28-34-16-10-9-11-17-34)65-56(84)48(33(5)74)69-52(80)39(15-7-2)62-49(77)37(60)30-72/h6-7,9-11,16-17,20-23,32-33,37-45,47-48,72-75H,1-2,8,12-15,18-19,24-31,60H2,3-5H3,(H2,61,76)(H,62,77)(H,63,79)(H,64,83)(H,65,84)(H,66,78)(H,67,81)(H,68,82)(H,69,80)(H,87,88)/t32-,33+,37-,38-,39-,40-,41-,42-,43-,44-,45-,47-,48-/m0/s1. The minimum atomic E-state index is -1.74. The van der Waals surface area contributed by atoms with Crippen LogP contribution in [0.15, 0.2) is 79.9 Å². The summed E-state index contributed by atoms with van der Waals surface area (Å²) in [5.41, 5.74) is 12.0. The number of phenolic OH excluding ortho intramolecular Hbond substituents is 1. The lowest BCUT2D eigenvalue weighted by molar-refractivity contribution is -0.149. The Hall–Kier alpha value is -8.80. The smallest absolute Gasteiger partial charge is 0.326 e. The fourth-order valence-corrected chi connectivity index (χ4v) is 9.94. The molecule has 0 aliphatic carbocycles. The number of benzene rings is 2. The number of nitrogens with one attached hydrogen (secondary N) is 8. The summed E-state index contributed by atoms with van der Waals surface area (Å²) in [7, 11) is 0. The van der Waals surface area contributed by atoms with Crippen molar-refractivity contribution in [2.24, 2.45) is 17.4 Å². The van der Waals surface area contributed by atoms with Crippen LogP contribution in [0, 0.1) is 5.92 Å². The predicted molar refractivity (Wildman–Crippen MR) is 316 cm³/mol. The van der Waals surface area contributed by atoms with Crippen LogP contribution in [-0.4, -0.2) is 205 Å². The molecule has 88 heavy (non-hydrogen) atoms. The lowest BCUT2D eigenvalue weighted by Crippen LogP contribution is -2.62. The summed E-state index contributed by atoms with van der Waals surface area (Å²) in [6.45, 7) is 10.1. The van der Waals surface area contributed by atoms with Gasteiger partial charge in [-0.15, -0.1) is 13.2 Å². The maximum absolute atomic E-state index is 14.7. The zero-order valence-corrected chi connectivity index (χ0v) is 49.6. The minimum Gasteiger partial charge on any atom is -0.508 e. The van der Waals surface area contributed by atoms with Gasteiger partial charge in [-0.3, -0.25) is 52.7 Å². The number of carbonyl (C=O) groups excluding carboxylic acids is 11. The predicted octanol–water partition coefficient (Wildman–Crippen LogP) is -3.72. The van der Waals surface area contributed by atoms with Crippen LogP contribution >= 0.6 is 0 Å². The van der Waals surface area contributed by atoms with E-state index in [1.165, 1.54) is 53.1 Å². The molecule has 2 heterocycles. The molecule has 4 rings (SSSR count). The Bertz CT molecular complexity index is 2810. The third-order valence-corrected chi connectivity index (χ3v) is 15.1. The van der Waals surface area contributed by atoms with Gasteiger partial charge in [-0.25, -0.2) is 4.79 Å². The number of likely N-dealkylation sites (tertiary alicyclic amines) is 2. The van der Waals surface area contributed by atoms with E-state index in [1.54, 1.807) is 44.2 Å². The van der Waals surface area contributed by atoms with Crippen molar-refractivity contribution in [2.45, 2.75) is 164 Å². The third kappa shape index (κ3) is 21.0. The van der Waals surface area contributed by atoms with Crippen molar-refractivity contribution in [2.75, 3.05) is 26.3 Å². The Kier molecular flexibility index (Phi) is 28.6. The van der Waals surface area contributed by atoms with Gasteiger partial charge in [0.2, 0.25) is 65.0 Å². The summed E-state index contributed by atoms with van der Waals surface area (Å²) in [5, 5.41) is 69.9. The first-order valence-corrected chi connectivity index (χ1v) is 29.0. The van der Waals surface area contributed by atoms with Crippen molar-refractivity contribution in [1.82, 2.24) is 52.3 Å². The molecule has 0 spiro atoms. The monoisotopic (exact) mass is 1230 g/mol. The average molecular weight is 1230 g/mol. The summed E-state index contributed by atoms with van der Waals surface area (Å²) >= 11 is 0. The molecule has 2 aliphatic rings. The quantitative estimate of drug-likeness (QED) is 0.0295. The van der Waals surface area contributed by atoms with Crippen molar-refractivity contribution in [3.63, 3.8) is 0 Å². The van der Waals surface area contributed by atoms with Crippen LogP contribution in [-0.2, 0) is 70.4 Å². The Morgan fingerprint density at radius 1 is 0.602 bits per heavy atom. The number of nitrogens with two attached hydrogens (primary N) is 2. The molecular formula is C59H84N12O17. The van der Waals surface area contributed by atoms with Gasteiger partial charge in [0.1, 0.15) is 72.2 Å². The number of hydrogen-bond acceptors (Lipinski definition) is 17. The molecule has 13 atom stereocenters. The van der Waals surface area contributed by atoms with E-state index >= 15 is 0 Å². The summed E-state index contributed by atoms with van der Waals surface area (Å²) in [4.78, 5) is 166. The van der Waals surface area contributed by atoms with E-state index in [9.17, 15) is 83.1 Å². The lowest BCUT2D eigenvalue weighted by atomic mass is 9.96. The molecule has 17 N–H and O–H groups in total. The van der Waals surface area contributed by atoms with Crippen molar-refractivity contribution in [3.05, 3.63) is 91.0 Å². The Balaban J connectivity index is 1.50. The largest absolute Gasteiger partial charge is 0.508 e. The van der Waals surface area contributed by atoms with Crippen LogP contribution in [0.4, 0.5) is 0 Å². The Morgan fingerprint density at radius 2 is 1.09 bits per heavy atom. The molecule has 2 aliphatic heterocycles. The number of hydrogen-bond donors (Lipinski definition) is 15. The van der Waals surface area contributed by atoms with Crippen LogP contribution in [0.2, 0.25) is 0 Å². The summed E-state index contributed by atoms with van der Waals surface area (Å²) in [6.07, 6.45) is 0.772. The molecule has 2 aromatic rings. The number of carboxylic acid groups (broad SMARTS) is 1. The highest BCUT2D eigenvalue weighted by molar-refractivity contribution is 5.99. The highest BCUT2D eigenvalue weighted by Gasteiger charge is 2.45. The lowest BCUT2D eigenvalue weighted by Gasteiger charge is -2.35. The van der Waals surface area contributed by atoms with Crippen molar-refractivity contribution < 1.29 is 83.1 Å². The van der Waals surface area contributed by atoms with Crippen LogP contribution in [0.5, 0.6) is 5.75 Å². The molecule has 2 aromatic carbocycles. The number of aliphatic carboxylic acids is 1. The van der Waals surface area contributed by atoms with E-state index in [4.69, 9.17) is 11.5 Å². The van der Waals surface area contributed by atoms with Gasteiger partial charge in [0.25, 0.3) is 0 Å². The number of primary amides is 1. The molecular weight excluding hydrogens is 1150 g/mol. The number of aromatic hydroxyl groups is 1. The number of amides is 11. The molecule has 2 saturated heterocycles. The molecule has 29 nitrogen and oxygen atoms in total. The molecule has 0 aromatic heterocycles. The van der Waals surface area contributed by atoms with Crippen LogP contribution in [0.25, 0.3) is 0 Å². The fraction of sp³-hybridized carbons (Fsp3) is 0.525. The van der Waals surface area contributed by atoms with E-state index in [1.807, 2.05) is 0 Å². The first-order valence-electron chi connectivity index (χ1n) is 29.0. The van der Waals surface area contributed by atoms with Crippen LogP contribution in [0.1, 0.15) is 89.7 Å². The van der Waals surface area contributed by atoms with Gasteiger partial charge in [0, 0.05) is 32.4 Å². The summed E-state index contributed by atoms with van der Waals surface area (Å²) < 4.78 is 0. The van der Waals surface area contributed by atoms with E-state index in [0.29, 0.717) is 30.4 Å². The minimum absolute atomic E-state index is 0.0535. The molecule has 0 saturated carbocycles. The SMILES string of the molecule is C=CC[C@H](NC(=O)[C@H](CCC(N)=O)NC(=O)[C@@H]1CCCN1C(=O)[C@@H]1CCCN1C(=O)[C@@H](NC(=O)[C@H](CO)NC(=O)[C@H](Cc1ccccc1)NC(=O)[C@@H](NC(=O)[C@H](CC=C)NC(=O)[C@@H](N)CO)[C@@H](C)O)[C@@H](C)CC)C(=O)N[C@@H](Cc1ccc(O)cc1)C(=O)O. The molecule has 29 heteroatoms. The maximum Gasteiger partial charge on any atom is 0.326 e. The number of carbonyl (C=O) groups is 12. The molecule has 11 amide bonds. The topological polar surface area (TPSA) is 461 Å². The van der Waals surface area contributed by atoms with Gasteiger partial charge in [-0.05, 0) is 81.0 Å². The molecule has 2 fully saturated rings. The van der Waals surface area contributed by atoms with Crippen molar-refractivity contribution >= 4 is 70.9 Å². The van der Waals surface area contributed by atoms with Gasteiger partial charge < -0.3 is 89.3 Å². The fourth-order valence-electron chi connectivity index (χ4n) is 9.94. The maximum atomic E-state index is 14.7. The van der Waals surface area contributed by atoms with Gasteiger partial charge in [-0.2, -0.15) is 0 Å². The highest BCUT2D eigenvalue weighted by Crippen LogP contribution is 2.27. The van der Waals surface area contributed by atoms with Crippen LogP contribution in [0.3, 0.4) is 0 Å². The number of aliphatic hydroxyl groups excluding tert-OH is 3. The van der Waals surface area contributed by atoms with Gasteiger partial charge in [0.05, 0.1) is 19.3 Å². The van der Waals surface area contributed by atoms with Crippen LogP contribution < -0.4 is 54.0 Å². The first-order chi connectivity index (χ1) is 41.8. The second-order valence-corrected chi connectivity index (χ2v) is 21.8. The number of nitrogens with zero attached hydrogens (tertiary/aromatic N) is 2. The van der Waals surface area contributed by atoms with E-state index in [2.05, 4.69) is 55.7 Å². The summed E-state index contributed by atoms with van der Waals surface area (Å²) in [6, 6.07) is -1.85. The molecule has 0 bridgehead atoms. The van der Waals surface area contributed by atoms with E-state index in [-0.39, 0.29) is 63.8 Å². The Morgan fingerprint density at radius 3 is 1.65 bits per heavy atom. The molecule has 482 valence electrons. The number of rotatable bonds is 35. The number of phenols is 1. The Labute approximate surface area is 509 Å². The van der Waals surface area contributed by atoms with Crippen molar-refractivity contribution in [3.8, 4) is 5.75 Å². The zero-order chi connectivity index (χ0) is 65.4. The number of carboxylic acids is 1. The second kappa shape index (κ2) is 35.1. The molecule has 0 radical (unpaired) electrons. The second-order valence-electron chi connectivity index (χ2n) is 21.8. The van der Waals surface area contributed by atoms with Gasteiger partial charge in [-0.1, -0.05) is 74.9 Å². The number of aliphatic hydroxyl groups is 3. The average Bonchev–Trinajstić information content (AvgIpc) is 3.89. The van der Waals surface area contributed by atoms with Gasteiger partial charge >= 0.3 is 5.97 Å². The van der Waals surface area contributed by atoms with E-state index in [0.717, 1.165) is 0 Å². The van der Waals surface area contributed by atoms with Crippen molar-refractivity contribution in [1.29, 1.82) is 0 Å². The van der Waals surface area contributed by atoms with Gasteiger partial charge in [0.15, 0.2) is 0 Å². The van der Waals surface area contributed by atoms with E-state index < -0.39 is 169 Å². The normalized spacial score (nSPS) is 18.3.